The normalized spacial score (nSPS) is 25.7. The van der Waals surface area contributed by atoms with Crippen LogP contribution in [0, 0.1) is 0 Å². The minimum Gasteiger partial charge on any atom is -0.348 e. The minimum absolute atomic E-state index is 0.00891. The summed E-state index contributed by atoms with van der Waals surface area (Å²) in [6.07, 6.45) is 3.43. The molecule has 2 N–H and O–H groups in total. The Morgan fingerprint density at radius 3 is 2.78 bits per heavy atom. The molecule has 2 aliphatic heterocycles. The molecule has 7 heteroatoms. The van der Waals surface area contributed by atoms with Crippen molar-refractivity contribution in [1.29, 1.82) is 0 Å². The molecular formula is C16H16ClN3O2S. The maximum Gasteiger partial charge on any atom is 0.251 e. The van der Waals surface area contributed by atoms with Gasteiger partial charge in [0.05, 0.1) is 0 Å². The second-order valence-corrected chi connectivity index (χ2v) is 7.43. The van der Waals surface area contributed by atoms with Gasteiger partial charge in [-0.15, -0.1) is 0 Å². The Balaban J connectivity index is 1.38. The molecule has 2 bridgehead atoms. The van der Waals surface area contributed by atoms with E-state index in [0.717, 1.165) is 17.7 Å². The van der Waals surface area contributed by atoms with E-state index in [9.17, 15) is 4.79 Å². The summed E-state index contributed by atoms with van der Waals surface area (Å²) in [6, 6.07) is 10.4. The zero-order valence-corrected chi connectivity index (χ0v) is 13.9. The molecule has 2 saturated heterocycles. The minimum atomic E-state index is -0.00891. The van der Waals surface area contributed by atoms with Crippen molar-refractivity contribution in [2.75, 3.05) is 0 Å². The van der Waals surface area contributed by atoms with Crippen LogP contribution in [0.1, 0.15) is 29.6 Å². The number of amides is 1. The highest BCUT2D eigenvalue weighted by Gasteiger charge is 2.39. The van der Waals surface area contributed by atoms with Crippen molar-refractivity contribution in [2.24, 2.45) is 0 Å². The smallest absolute Gasteiger partial charge is 0.251 e. The first-order chi connectivity index (χ1) is 11.2. The van der Waals surface area contributed by atoms with Crippen LogP contribution in [0.5, 0.6) is 0 Å². The van der Waals surface area contributed by atoms with Gasteiger partial charge in [-0.2, -0.15) is 0 Å². The van der Waals surface area contributed by atoms with Crippen molar-refractivity contribution in [2.45, 2.75) is 47.3 Å². The summed E-state index contributed by atoms with van der Waals surface area (Å²) in [4.78, 5) is 13.3. The Bertz CT molecular complexity index is 718. The van der Waals surface area contributed by atoms with Crippen molar-refractivity contribution in [1.82, 2.24) is 15.8 Å². The molecule has 120 valence electrons. The third-order valence-electron chi connectivity index (χ3n) is 4.42. The first-order valence-electron chi connectivity index (χ1n) is 7.64. The SMILES string of the molecule is O=C(NC1CC2CCC1N2)c1ccc(Sc2cc(Cl)on2)cc1. The summed E-state index contributed by atoms with van der Waals surface area (Å²) in [6.45, 7) is 0. The molecule has 1 aromatic heterocycles. The topological polar surface area (TPSA) is 67.2 Å². The molecule has 1 aromatic carbocycles. The van der Waals surface area contributed by atoms with Crippen LogP contribution < -0.4 is 10.6 Å². The van der Waals surface area contributed by atoms with Crippen molar-refractivity contribution in [3.63, 3.8) is 0 Å². The van der Waals surface area contributed by atoms with Crippen LogP contribution in [-0.4, -0.2) is 29.2 Å². The summed E-state index contributed by atoms with van der Waals surface area (Å²) in [5.41, 5.74) is 0.676. The molecule has 23 heavy (non-hydrogen) atoms. The standard InChI is InChI=1S/C16H16ClN3O2S/c17-14-8-15(20-22-14)23-11-4-1-9(2-5-11)16(21)19-13-7-10-3-6-12(13)18-10/h1-2,4-5,8,10,12-13,18H,3,6-7H2,(H,19,21). The van der Waals surface area contributed by atoms with Gasteiger partial charge in [0.25, 0.3) is 5.91 Å². The highest BCUT2D eigenvalue weighted by Crippen LogP contribution is 2.30. The van der Waals surface area contributed by atoms with Crippen LogP contribution in [0.15, 0.2) is 44.8 Å². The van der Waals surface area contributed by atoms with Crippen LogP contribution >= 0.6 is 23.4 Å². The molecule has 1 amide bonds. The number of aromatic nitrogens is 1. The molecule has 4 rings (SSSR count). The average molecular weight is 350 g/mol. The Morgan fingerprint density at radius 1 is 1.35 bits per heavy atom. The number of rotatable bonds is 4. The summed E-state index contributed by atoms with van der Waals surface area (Å²) < 4.78 is 4.82. The number of benzene rings is 1. The maximum atomic E-state index is 12.4. The highest BCUT2D eigenvalue weighted by molar-refractivity contribution is 7.99. The van der Waals surface area contributed by atoms with Crippen LogP contribution in [0.4, 0.5) is 0 Å². The molecule has 0 radical (unpaired) electrons. The lowest BCUT2D eigenvalue weighted by atomic mass is 9.95. The van der Waals surface area contributed by atoms with E-state index < -0.39 is 0 Å². The lowest BCUT2D eigenvalue weighted by molar-refractivity contribution is 0.0931. The fourth-order valence-corrected chi connectivity index (χ4v) is 4.27. The van der Waals surface area contributed by atoms with Crippen molar-refractivity contribution in [3.05, 3.63) is 41.1 Å². The molecule has 5 nitrogen and oxygen atoms in total. The highest BCUT2D eigenvalue weighted by atomic mass is 35.5. The van der Waals surface area contributed by atoms with Crippen LogP contribution in [0.25, 0.3) is 0 Å². The van der Waals surface area contributed by atoms with E-state index in [2.05, 4.69) is 15.8 Å². The van der Waals surface area contributed by atoms with Gasteiger partial charge < -0.3 is 15.2 Å². The van der Waals surface area contributed by atoms with E-state index >= 15 is 0 Å². The molecule has 2 aliphatic rings. The van der Waals surface area contributed by atoms with Gasteiger partial charge in [-0.1, -0.05) is 16.9 Å². The third-order valence-corrected chi connectivity index (χ3v) is 5.50. The second-order valence-electron chi connectivity index (χ2n) is 5.96. The Labute approximate surface area is 143 Å². The van der Waals surface area contributed by atoms with Gasteiger partial charge >= 0.3 is 0 Å². The summed E-state index contributed by atoms with van der Waals surface area (Å²) in [5, 5.41) is 11.5. The van der Waals surface area contributed by atoms with Crippen molar-refractivity contribution < 1.29 is 9.32 Å². The fourth-order valence-electron chi connectivity index (χ4n) is 3.32. The van der Waals surface area contributed by atoms with E-state index in [1.54, 1.807) is 6.07 Å². The monoisotopic (exact) mass is 349 g/mol. The van der Waals surface area contributed by atoms with Crippen LogP contribution in [0.3, 0.4) is 0 Å². The van der Waals surface area contributed by atoms with Gasteiger partial charge in [-0.25, -0.2) is 0 Å². The largest absolute Gasteiger partial charge is 0.348 e. The number of nitrogens with one attached hydrogen (secondary N) is 2. The second kappa shape index (κ2) is 6.19. The first-order valence-corrected chi connectivity index (χ1v) is 8.84. The molecular weight excluding hydrogens is 334 g/mol. The molecule has 3 atom stereocenters. The first kappa shape index (κ1) is 15.1. The molecule has 3 heterocycles. The lowest BCUT2D eigenvalue weighted by Crippen LogP contribution is -2.42. The van der Waals surface area contributed by atoms with Gasteiger partial charge in [0, 0.05) is 34.7 Å². The summed E-state index contributed by atoms with van der Waals surface area (Å²) >= 11 is 7.14. The summed E-state index contributed by atoms with van der Waals surface area (Å²) in [7, 11) is 0. The predicted molar refractivity (Wildman–Crippen MR) is 87.9 cm³/mol. The number of halogens is 1. The zero-order chi connectivity index (χ0) is 15.8. The van der Waals surface area contributed by atoms with Crippen molar-refractivity contribution >= 4 is 29.3 Å². The van der Waals surface area contributed by atoms with Gasteiger partial charge in [0.2, 0.25) is 5.22 Å². The van der Waals surface area contributed by atoms with E-state index in [-0.39, 0.29) is 17.2 Å². The van der Waals surface area contributed by atoms with Gasteiger partial charge in [0.1, 0.15) is 5.03 Å². The van der Waals surface area contributed by atoms with Crippen molar-refractivity contribution in [3.8, 4) is 0 Å². The van der Waals surface area contributed by atoms with Gasteiger partial charge in [0.15, 0.2) is 0 Å². The molecule has 2 fully saturated rings. The van der Waals surface area contributed by atoms with E-state index in [4.69, 9.17) is 16.1 Å². The van der Waals surface area contributed by atoms with E-state index in [1.807, 2.05) is 24.3 Å². The van der Waals surface area contributed by atoms with Crippen LogP contribution in [0.2, 0.25) is 5.22 Å². The number of carbonyl (C=O) groups excluding carboxylic acids is 1. The Kier molecular flexibility index (Phi) is 4.05. The average Bonchev–Trinajstić information content (AvgIpc) is 3.25. The fraction of sp³-hybridized carbons (Fsp3) is 0.375. The molecule has 0 spiro atoms. The molecule has 0 saturated carbocycles. The zero-order valence-electron chi connectivity index (χ0n) is 12.3. The van der Waals surface area contributed by atoms with E-state index in [1.165, 1.54) is 18.2 Å². The number of hydrogen-bond acceptors (Lipinski definition) is 5. The van der Waals surface area contributed by atoms with Gasteiger partial charge in [-0.05, 0) is 55.1 Å². The Hall–Kier alpha value is -1.50. The maximum absolute atomic E-state index is 12.4. The molecule has 0 aliphatic carbocycles. The predicted octanol–water partition coefficient (Wildman–Crippen LogP) is 3.10. The van der Waals surface area contributed by atoms with Crippen LogP contribution in [-0.2, 0) is 0 Å². The Morgan fingerprint density at radius 2 is 2.17 bits per heavy atom. The number of fused-ring (bicyclic) bond motifs is 2. The van der Waals surface area contributed by atoms with Gasteiger partial charge in [-0.3, -0.25) is 4.79 Å². The lowest BCUT2D eigenvalue weighted by Gasteiger charge is -2.21. The quantitative estimate of drug-likeness (QED) is 0.887. The van der Waals surface area contributed by atoms with E-state index in [0.29, 0.717) is 22.7 Å². The summed E-state index contributed by atoms with van der Waals surface area (Å²) in [5.74, 6) is -0.00891. The number of nitrogens with zero attached hydrogens (tertiary/aromatic N) is 1. The number of carbonyl (C=O) groups is 1. The third kappa shape index (κ3) is 3.24. The molecule has 3 unspecified atom stereocenters. The molecule has 2 aromatic rings. The number of hydrogen-bond donors (Lipinski definition) is 2.